The molecule has 1 fully saturated rings. The van der Waals surface area contributed by atoms with Crippen LogP contribution in [0.5, 0.6) is 0 Å². The van der Waals surface area contributed by atoms with Crippen LogP contribution in [0.25, 0.3) is 0 Å². The molecular formula is C23H27NO3S. The van der Waals surface area contributed by atoms with Crippen molar-refractivity contribution < 1.29 is 13.2 Å². The van der Waals surface area contributed by atoms with Crippen molar-refractivity contribution in [1.29, 1.82) is 0 Å². The molecule has 2 aromatic carbocycles. The van der Waals surface area contributed by atoms with Crippen LogP contribution >= 0.6 is 0 Å². The van der Waals surface area contributed by atoms with Crippen molar-refractivity contribution in [2.75, 3.05) is 5.32 Å². The fourth-order valence-corrected chi connectivity index (χ4v) is 6.50. The van der Waals surface area contributed by atoms with Crippen LogP contribution in [0.15, 0.2) is 71.6 Å². The molecule has 1 aliphatic carbocycles. The molecule has 0 unspecified atom stereocenters. The van der Waals surface area contributed by atoms with Gasteiger partial charge >= 0.3 is 0 Å². The number of hydrogen-bond donors (Lipinski definition) is 1. The second-order valence-corrected chi connectivity index (χ2v) is 10.3. The smallest absolute Gasteiger partial charge is 0.251 e. The number of amides is 1. The summed E-state index contributed by atoms with van der Waals surface area (Å²) < 4.78 is 26.5. The molecule has 2 aromatic rings. The van der Waals surface area contributed by atoms with Gasteiger partial charge in [0.2, 0.25) is 0 Å². The highest BCUT2D eigenvalue weighted by Gasteiger charge is 2.51. The average molecular weight is 398 g/mol. The normalized spacial score (nSPS) is 21.2. The number of aryl methyl sites for hydroxylation is 1. The molecule has 0 heterocycles. The number of carbonyl (C=O) groups is 1. The molecule has 0 bridgehead atoms. The van der Waals surface area contributed by atoms with E-state index >= 15 is 0 Å². The molecule has 1 aliphatic rings. The summed E-state index contributed by atoms with van der Waals surface area (Å²) in [4.78, 5) is 13.0. The Kier molecular flexibility index (Phi) is 5.48. The number of anilines is 1. The third-order valence-electron chi connectivity index (χ3n) is 5.91. The molecule has 3 rings (SSSR count). The third-order valence-corrected chi connectivity index (χ3v) is 8.44. The minimum Gasteiger partial charge on any atom is -0.322 e. The van der Waals surface area contributed by atoms with Gasteiger partial charge in [0.05, 0.1) is 10.1 Å². The van der Waals surface area contributed by atoms with Crippen molar-refractivity contribution in [3.05, 3.63) is 72.3 Å². The molecule has 4 nitrogen and oxygen atoms in total. The van der Waals surface area contributed by atoms with Gasteiger partial charge in [0.25, 0.3) is 5.91 Å². The van der Waals surface area contributed by atoms with Crippen molar-refractivity contribution in [3.63, 3.8) is 0 Å². The Bertz CT molecular complexity index is 976. The molecule has 148 valence electrons. The number of para-hydroxylation sites is 1. The van der Waals surface area contributed by atoms with Crippen LogP contribution < -0.4 is 5.32 Å². The second-order valence-electron chi connectivity index (χ2n) is 8.14. The fourth-order valence-electron chi connectivity index (χ4n) is 4.25. The van der Waals surface area contributed by atoms with Gasteiger partial charge in [-0.2, -0.15) is 0 Å². The molecule has 5 heteroatoms. The summed E-state index contributed by atoms with van der Waals surface area (Å²) in [7, 11) is -3.49. The van der Waals surface area contributed by atoms with Crippen molar-refractivity contribution >= 4 is 21.4 Å². The highest BCUT2D eigenvalue weighted by molar-refractivity contribution is 7.92. The Labute approximate surface area is 167 Å². The van der Waals surface area contributed by atoms with E-state index in [-0.39, 0.29) is 11.8 Å². The van der Waals surface area contributed by atoms with Gasteiger partial charge in [-0.05, 0) is 55.4 Å². The highest BCUT2D eigenvalue weighted by Crippen LogP contribution is 2.50. The Balaban J connectivity index is 1.81. The molecule has 1 N–H and O–H groups in total. The van der Waals surface area contributed by atoms with Crippen molar-refractivity contribution in [3.8, 4) is 0 Å². The van der Waals surface area contributed by atoms with Crippen molar-refractivity contribution in [2.24, 2.45) is 11.3 Å². The van der Waals surface area contributed by atoms with E-state index in [1.807, 2.05) is 63.2 Å². The summed E-state index contributed by atoms with van der Waals surface area (Å²) in [5.41, 5.74) is 1.58. The van der Waals surface area contributed by atoms with E-state index in [9.17, 15) is 13.2 Å². The number of hydrogen-bond acceptors (Lipinski definition) is 3. The minimum atomic E-state index is -3.49. The molecule has 1 saturated carbocycles. The van der Waals surface area contributed by atoms with E-state index in [1.54, 1.807) is 12.1 Å². The third kappa shape index (κ3) is 3.76. The lowest BCUT2D eigenvalue weighted by molar-refractivity contribution is -0.113. The van der Waals surface area contributed by atoms with E-state index in [2.05, 4.69) is 11.9 Å². The van der Waals surface area contributed by atoms with Crippen LogP contribution in [0.4, 0.5) is 5.69 Å². The topological polar surface area (TPSA) is 63.2 Å². The number of rotatable bonds is 5. The lowest BCUT2D eigenvalue weighted by atomic mass is 9.77. The standard InChI is InChI=1S/C23H27NO3S/c1-16-10-12-19(13-11-16)28(26,27)21-15-14-20(23(21,3)4)17(2)22(25)24-18-8-6-5-7-9-18/h5-13,20-21H,2,14-15H2,1,3-4H3,(H,24,25)/t20-,21-/m1/s1. The van der Waals surface area contributed by atoms with E-state index in [0.717, 1.165) is 5.56 Å². The van der Waals surface area contributed by atoms with Crippen LogP contribution in [0.1, 0.15) is 32.3 Å². The zero-order chi connectivity index (χ0) is 20.5. The van der Waals surface area contributed by atoms with Crippen LogP contribution in [0.3, 0.4) is 0 Å². The van der Waals surface area contributed by atoms with Gasteiger partial charge < -0.3 is 5.32 Å². The minimum absolute atomic E-state index is 0.193. The monoisotopic (exact) mass is 397 g/mol. The summed E-state index contributed by atoms with van der Waals surface area (Å²) in [5.74, 6) is -0.445. The molecule has 0 radical (unpaired) electrons. The zero-order valence-corrected chi connectivity index (χ0v) is 17.4. The van der Waals surface area contributed by atoms with Gasteiger partial charge in [-0.25, -0.2) is 8.42 Å². The van der Waals surface area contributed by atoms with Gasteiger partial charge in [0, 0.05) is 11.3 Å². The van der Waals surface area contributed by atoms with E-state index < -0.39 is 20.5 Å². The average Bonchev–Trinajstić information content (AvgIpc) is 2.97. The largest absolute Gasteiger partial charge is 0.322 e. The fraction of sp³-hybridized carbons (Fsp3) is 0.348. The highest BCUT2D eigenvalue weighted by atomic mass is 32.2. The van der Waals surface area contributed by atoms with Crippen molar-refractivity contribution in [1.82, 2.24) is 0 Å². The van der Waals surface area contributed by atoms with E-state index in [1.165, 1.54) is 0 Å². The summed E-state index contributed by atoms with van der Waals surface area (Å²) in [6, 6.07) is 16.2. The van der Waals surface area contributed by atoms with Crippen molar-refractivity contribution in [2.45, 2.75) is 43.8 Å². The maximum absolute atomic E-state index is 13.3. The first-order valence-electron chi connectivity index (χ1n) is 9.50. The van der Waals surface area contributed by atoms with Crippen LogP contribution in [0.2, 0.25) is 0 Å². The summed E-state index contributed by atoms with van der Waals surface area (Å²) in [6.45, 7) is 9.82. The Morgan fingerprint density at radius 3 is 2.25 bits per heavy atom. The zero-order valence-electron chi connectivity index (χ0n) is 16.6. The molecule has 0 saturated heterocycles. The van der Waals surface area contributed by atoms with Gasteiger partial charge in [-0.15, -0.1) is 0 Å². The van der Waals surface area contributed by atoms with Gasteiger partial charge in [0.15, 0.2) is 9.84 Å². The Morgan fingerprint density at radius 2 is 1.64 bits per heavy atom. The number of sulfone groups is 1. The second kappa shape index (κ2) is 7.55. The lowest BCUT2D eigenvalue weighted by Crippen LogP contribution is -2.37. The molecule has 28 heavy (non-hydrogen) atoms. The van der Waals surface area contributed by atoms with Crippen LogP contribution in [-0.4, -0.2) is 19.6 Å². The first kappa shape index (κ1) is 20.3. The SMILES string of the molecule is C=C(C(=O)Nc1ccccc1)[C@H]1CC[C@@H](S(=O)(=O)c2ccc(C)cc2)C1(C)C. The Morgan fingerprint density at radius 1 is 1.04 bits per heavy atom. The quantitative estimate of drug-likeness (QED) is 0.739. The summed E-state index contributed by atoms with van der Waals surface area (Å²) in [5, 5.41) is 2.31. The van der Waals surface area contributed by atoms with Gasteiger partial charge in [0.1, 0.15) is 0 Å². The van der Waals surface area contributed by atoms with Gasteiger partial charge in [-0.3, -0.25) is 4.79 Å². The van der Waals surface area contributed by atoms with Crippen LogP contribution in [-0.2, 0) is 14.6 Å². The molecular weight excluding hydrogens is 370 g/mol. The maximum atomic E-state index is 13.3. The van der Waals surface area contributed by atoms with Gasteiger partial charge in [-0.1, -0.05) is 56.3 Å². The molecule has 0 spiro atoms. The lowest BCUT2D eigenvalue weighted by Gasteiger charge is -2.33. The van der Waals surface area contributed by atoms with E-state index in [4.69, 9.17) is 0 Å². The number of carbonyl (C=O) groups excluding carboxylic acids is 1. The van der Waals surface area contributed by atoms with Crippen LogP contribution in [0, 0.1) is 18.3 Å². The molecule has 0 aliphatic heterocycles. The maximum Gasteiger partial charge on any atom is 0.251 e. The Hall–Kier alpha value is -2.40. The first-order valence-corrected chi connectivity index (χ1v) is 11.0. The molecule has 2 atom stereocenters. The molecule has 0 aromatic heterocycles. The predicted octanol–water partition coefficient (Wildman–Crippen LogP) is 4.77. The predicted molar refractivity (Wildman–Crippen MR) is 113 cm³/mol. The van der Waals surface area contributed by atoms with E-state index in [0.29, 0.717) is 29.0 Å². The molecule has 1 amide bonds. The first-order chi connectivity index (χ1) is 13.1. The number of benzene rings is 2. The summed E-state index contributed by atoms with van der Waals surface area (Å²) in [6.07, 6.45) is 1.15. The summed E-state index contributed by atoms with van der Waals surface area (Å²) >= 11 is 0. The number of nitrogens with one attached hydrogen (secondary N) is 1.